The Balaban J connectivity index is 5.51. The summed E-state index contributed by atoms with van der Waals surface area (Å²) in [6, 6.07) is 0. The number of ether oxygens (including phenoxy) is 3. The fourth-order valence-electron chi connectivity index (χ4n) is 1.96. The van der Waals surface area contributed by atoms with Crippen LogP contribution in [0.1, 0.15) is 53.4 Å². The minimum atomic E-state index is -2.00. The normalized spacial score (nSPS) is 10.9. The lowest BCUT2D eigenvalue weighted by Gasteiger charge is -2.26. The maximum absolute atomic E-state index is 12.3. The number of unbranched alkanes of at least 4 members (excludes halogenated alkanes) is 2. The molecule has 122 valence electrons. The van der Waals surface area contributed by atoms with E-state index >= 15 is 0 Å². The largest absolute Gasteiger partial charge is 0.465 e. The Kier molecular flexibility index (Phi) is 9.41. The first kappa shape index (κ1) is 19.4. The topological polar surface area (TPSA) is 78.9 Å². The van der Waals surface area contributed by atoms with Crippen LogP contribution < -0.4 is 0 Å². The molecule has 0 aliphatic carbocycles. The van der Waals surface area contributed by atoms with Gasteiger partial charge in [0.05, 0.1) is 19.8 Å². The smallest absolute Gasteiger partial charge is 0.335 e. The molecule has 0 amide bonds. The van der Waals surface area contributed by atoms with Crippen molar-refractivity contribution in [3.63, 3.8) is 0 Å². The van der Waals surface area contributed by atoms with Crippen molar-refractivity contribution in [3.05, 3.63) is 0 Å². The molecule has 21 heavy (non-hydrogen) atoms. The Labute approximate surface area is 126 Å². The molecule has 0 saturated carbocycles. The quantitative estimate of drug-likeness (QED) is 0.266. The Morgan fingerprint density at radius 2 is 1.10 bits per heavy atom. The second-order valence-electron chi connectivity index (χ2n) is 4.52. The molecule has 0 N–H and O–H groups in total. The van der Waals surface area contributed by atoms with Crippen LogP contribution in [0, 0.1) is 5.41 Å². The Morgan fingerprint density at radius 1 is 0.714 bits per heavy atom. The predicted molar refractivity (Wildman–Crippen MR) is 76.5 cm³/mol. The lowest BCUT2D eigenvalue weighted by molar-refractivity contribution is -0.184. The van der Waals surface area contributed by atoms with E-state index in [1.807, 2.05) is 6.92 Å². The van der Waals surface area contributed by atoms with Crippen LogP contribution >= 0.6 is 0 Å². The van der Waals surface area contributed by atoms with Gasteiger partial charge >= 0.3 is 17.9 Å². The maximum atomic E-state index is 12.3. The van der Waals surface area contributed by atoms with Crippen molar-refractivity contribution >= 4 is 17.9 Å². The van der Waals surface area contributed by atoms with Crippen molar-refractivity contribution in [1.82, 2.24) is 0 Å². The third-order valence-corrected chi connectivity index (χ3v) is 3.03. The summed E-state index contributed by atoms with van der Waals surface area (Å²) in [5, 5.41) is 0. The van der Waals surface area contributed by atoms with E-state index in [-0.39, 0.29) is 26.2 Å². The van der Waals surface area contributed by atoms with Gasteiger partial charge in [0.25, 0.3) is 5.41 Å². The van der Waals surface area contributed by atoms with E-state index in [2.05, 4.69) is 0 Å². The number of carbonyl (C=O) groups excluding carboxylic acids is 3. The average molecular weight is 302 g/mol. The standard InChI is InChI=1S/C15H26O6/c1-5-9-10-11-15(12(16)19-6-2,13(17)20-7-3)14(18)21-8-4/h5-11H2,1-4H3. The monoisotopic (exact) mass is 302 g/mol. The average Bonchev–Trinajstić information content (AvgIpc) is 2.44. The molecule has 6 nitrogen and oxygen atoms in total. The molecule has 0 fully saturated rings. The number of carbonyl (C=O) groups is 3. The molecule has 0 unspecified atom stereocenters. The lowest BCUT2D eigenvalue weighted by Crippen LogP contribution is -2.49. The SMILES string of the molecule is CCCCCC(C(=O)OCC)(C(=O)OCC)C(=O)OCC. The summed E-state index contributed by atoms with van der Waals surface area (Å²) in [6.07, 6.45) is 2.26. The van der Waals surface area contributed by atoms with E-state index in [0.29, 0.717) is 6.42 Å². The zero-order valence-corrected chi connectivity index (χ0v) is 13.4. The van der Waals surface area contributed by atoms with Crippen LogP contribution in [0.3, 0.4) is 0 Å². The van der Waals surface area contributed by atoms with Gasteiger partial charge in [-0.25, -0.2) is 0 Å². The number of rotatable bonds is 10. The van der Waals surface area contributed by atoms with Crippen LogP contribution in [0.15, 0.2) is 0 Å². The zero-order valence-electron chi connectivity index (χ0n) is 13.4. The van der Waals surface area contributed by atoms with Crippen LogP contribution in [-0.4, -0.2) is 37.7 Å². The van der Waals surface area contributed by atoms with Crippen molar-refractivity contribution in [1.29, 1.82) is 0 Å². The summed E-state index contributed by atoms with van der Waals surface area (Å²) in [4.78, 5) is 36.8. The summed E-state index contributed by atoms with van der Waals surface area (Å²) >= 11 is 0. The van der Waals surface area contributed by atoms with Gasteiger partial charge in [-0.3, -0.25) is 14.4 Å². The molecule has 0 rings (SSSR count). The van der Waals surface area contributed by atoms with Crippen LogP contribution in [0.2, 0.25) is 0 Å². The third-order valence-electron chi connectivity index (χ3n) is 3.03. The minimum Gasteiger partial charge on any atom is -0.465 e. The molecule has 6 heteroatoms. The number of esters is 3. The predicted octanol–water partition coefficient (Wildman–Crippen LogP) is 2.24. The first-order valence-corrected chi connectivity index (χ1v) is 7.52. The van der Waals surface area contributed by atoms with Crippen LogP contribution in [0.4, 0.5) is 0 Å². The van der Waals surface area contributed by atoms with Gasteiger partial charge in [-0.05, 0) is 27.2 Å². The molecule has 0 spiro atoms. The molecule has 0 saturated heterocycles. The van der Waals surface area contributed by atoms with E-state index in [9.17, 15) is 14.4 Å². The zero-order chi connectivity index (χ0) is 16.3. The van der Waals surface area contributed by atoms with Crippen LogP contribution in [0.25, 0.3) is 0 Å². The van der Waals surface area contributed by atoms with E-state index in [1.165, 1.54) is 0 Å². The molecule has 0 bridgehead atoms. The molecular weight excluding hydrogens is 276 g/mol. The molecular formula is C15H26O6. The van der Waals surface area contributed by atoms with E-state index in [1.54, 1.807) is 20.8 Å². The van der Waals surface area contributed by atoms with E-state index < -0.39 is 23.3 Å². The fourth-order valence-corrected chi connectivity index (χ4v) is 1.96. The summed E-state index contributed by atoms with van der Waals surface area (Å²) in [5.74, 6) is -2.67. The van der Waals surface area contributed by atoms with Crippen LogP contribution in [-0.2, 0) is 28.6 Å². The molecule has 0 aromatic carbocycles. The summed E-state index contributed by atoms with van der Waals surface area (Å²) < 4.78 is 14.8. The number of hydrogen-bond donors (Lipinski definition) is 0. The molecule has 0 radical (unpaired) electrons. The van der Waals surface area contributed by atoms with Crippen molar-refractivity contribution in [3.8, 4) is 0 Å². The highest BCUT2D eigenvalue weighted by molar-refractivity contribution is 6.17. The highest BCUT2D eigenvalue weighted by Crippen LogP contribution is 2.31. The first-order valence-electron chi connectivity index (χ1n) is 7.52. The second-order valence-corrected chi connectivity index (χ2v) is 4.52. The first-order chi connectivity index (χ1) is 10.0. The van der Waals surface area contributed by atoms with E-state index in [4.69, 9.17) is 14.2 Å². The summed E-state index contributed by atoms with van der Waals surface area (Å²) in [5.41, 5.74) is -2.00. The van der Waals surface area contributed by atoms with Gasteiger partial charge in [0, 0.05) is 0 Å². The van der Waals surface area contributed by atoms with Gasteiger partial charge < -0.3 is 14.2 Å². The van der Waals surface area contributed by atoms with Gasteiger partial charge in [0.15, 0.2) is 0 Å². The minimum absolute atomic E-state index is 0.0390. The van der Waals surface area contributed by atoms with Crippen molar-refractivity contribution in [2.75, 3.05) is 19.8 Å². The van der Waals surface area contributed by atoms with Gasteiger partial charge in [0.1, 0.15) is 0 Å². The van der Waals surface area contributed by atoms with E-state index in [0.717, 1.165) is 12.8 Å². The summed E-state index contributed by atoms with van der Waals surface area (Å²) in [6.45, 7) is 7.06. The van der Waals surface area contributed by atoms with Crippen molar-refractivity contribution in [2.24, 2.45) is 5.41 Å². The van der Waals surface area contributed by atoms with Gasteiger partial charge in [0.2, 0.25) is 0 Å². The molecule has 0 aliphatic rings. The van der Waals surface area contributed by atoms with Gasteiger partial charge in [-0.2, -0.15) is 0 Å². The number of hydrogen-bond acceptors (Lipinski definition) is 6. The molecule has 0 aromatic heterocycles. The Morgan fingerprint density at radius 3 is 1.38 bits per heavy atom. The van der Waals surface area contributed by atoms with Gasteiger partial charge in [-0.15, -0.1) is 0 Å². The molecule has 0 aromatic rings. The lowest BCUT2D eigenvalue weighted by atomic mass is 9.82. The molecule has 0 atom stereocenters. The van der Waals surface area contributed by atoms with Crippen molar-refractivity contribution in [2.45, 2.75) is 53.4 Å². The second kappa shape index (κ2) is 10.2. The van der Waals surface area contributed by atoms with Crippen molar-refractivity contribution < 1.29 is 28.6 Å². The molecule has 0 aliphatic heterocycles. The third kappa shape index (κ3) is 5.02. The Bertz CT molecular complexity index is 305. The summed E-state index contributed by atoms with van der Waals surface area (Å²) in [7, 11) is 0. The van der Waals surface area contributed by atoms with Gasteiger partial charge in [-0.1, -0.05) is 26.2 Å². The maximum Gasteiger partial charge on any atom is 0.335 e. The fraction of sp³-hybridized carbons (Fsp3) is 0.800. The molecule has 0 heterocycles. The van der Waals surface area contributed by atoms with Crippen LogP contribution in [0.5, 0.6) is 0 Å². The highest BCUT2D eigenvalue weighted by atomic mass is 16.6. The highest BCUT2D eigenvalue weighted by Gasteiger charge is 2.56. The Hall–Kier alpha value is -1.59.